The standard InChI is InChI=1S/C15H22N4OS2.2ClH/c1-4-18(5-2)15-17-13-11(22-15)8-12(21-13)14(20)19-7-6-16-9-10(19)3;;/h8,10,16H,4-7,9H2,1-3H3;2*1H/t10-;;/m0../s1. The van der Waals surface area contributed by atoms with Gasteiger partial charge in [0, 0.05) is 38.8 Å². The molecule has 1 aliphatic rings. The summed E-state index contributed by atoms with van der Waals surface area (Å²) in [5.41, 5.74) is 0. The highest BCUT2D eigenvalue weighted by Crippen LogP contribution is 2.35. The van der Waals surface area contributed by atoms with Gasteiger partial charge in [-0.3, -0.25) is 4.79 Å². The fourth-order valence-corrected chi connectivity index (χ4v) is 5.04. The minimum absolute atomic E-state index is 0. The van der Waals surface area contributed by atoms with Gasteiger partial charge in [-0.1, -0.05) is 11.3 Å². The molecule has 2 aromatic heterocycles. The van der Waals surface area contributed by atoms with Crippen molar-refractivity contribution >= 4 is 68.1 Å². The molecule has 0 saturated carbocycles. The minimum Gasteiger partial charge on any atom is -0.349 e. The van der Waals surface area contributed by atoms with E-state index in [0.717, 1.165) is 52.3 Å². The SMILES string of the molecule is CCN(CC)c1nc2sc(C(=O)N3CCNC[C@@H]3C)cc2s1.Cl.Cl. The van der Waals surface area contributed by atoms with E-state index in [2.05, 4.69) is 31.0 Å². The van der Waals surface area contributed by atoms with Gasteiger partial charge in [0.05, 0.1) is 9.58 Å². The lowest BCUT2D eigenvalue weighted by Gasteiger charge is -2.33. The highest BCUT2D eigenvalue weighted by Gasteiger charge is 2.26. The Kier molecular flexibility index (Phi) is 8.22. The summed E-state index contributed by atoms with van der Waals surface area (Å²) in [4.78, 5) is 23.4. The highest BCUT2D eigenvalue weighted by molar-refractivity contribution is 7.29. The number of nitrogens with one attached hydrogen (secondary N) is 1. The molecule has 1 aliphatic heterocycles. The topological polar surface area (TPSA) is 48.5 Å². The van der Waals surface area contributed by atoms with Crippen LogP contribution in [0.15, 0.2) is 6.07 Å². The first kappa shape index (κ1) is 21.4. The molecule has 1 fully saturated rings. The Morgan fingerprint density at radius 2 is 2.08 bits per heavy atom. The molecule has 0 aromatic carbocycles. The predicted octanol–water partition coefficient (Wildman–Crippen LogP) is 3.48. The van der Waals surface area contributed by atoms with E-state index in [-0.39, 0.29) is 36.8 Å². The number of halogens is 2. The van der Waals surface area contributed by atoms with E-state index in [4.69, 9.17) is 4.98 Å². The van der Waals surface area contributed by atoms with E-state index >= 15 is 0 Å². The lowest BCUT2D eigenvalue weighted by molar-refractivity contribution is 0.0661. The summed E-state index contributed by atoms with van der Waals surface area (Å²) in [6.45, 7) is 10.8. The molecule has 5 nitrogen and oxygen atoms in total. The second-order valence-corrected chi connectivity index (χ2v) is 7.54. The third-order valence-electron chi connectivity index (χ3n) is 4.08. The van der Waals surface area contributed by atoms with Gasteiger partial charge in [0.2, 0.25) is 0 Å². The second-order valence-electron chi connectivity index (χ2n) is 5.50. The van der Waals surface area contributed by atoms with Crippen molar-refractivity contribution in [3.8, 4) is 0 Å². The number of rotatable bonds is 4. The zero-order valence-electron chi connectivity index (χ0n) is 14.1. The molecule has 24 heavy (non-hydrogen) atoms. The van der Waals surface area contributed by atoms with Crippen molar-refractivity contribution in [2.75, 3.05) is 37.6 Å². The van der Waals surface area contributed by atoms with Crippen LogP contribution >= 0.6 is 47.5 Å². The van der Waals surface area contributed by atoms with Crippen LogP contribution in [0.25, 0.3) is 9.53 Å². The number of hydrogen-bond donors (Lipinski definition) is 1. The Labute approximate surface area is 163 Å². The monoisotopic (exact) mass is 410 g/mol. The molecular weight excluding hydrogens is 387 g/mol. The van der Waals surface area contributed by atoms with Gasteiger partial charge in [0.25, 0.3) is 5.91 Å². The summed E-state index contributed by atoms with van der Waals surface area (Å²) >= 11 is 3.20. The van der Waals surface area contributed by atoms with E-state index in [1.165, 1.54) is 11.3 Å². The van der Waals surface area contributed by atoms with Crippen molar-refractivity contribution in [1.29, 1.82) is 0 Å². The van der Waals surface area contributed by atoms with E-state index in [0.29, 0.717) is 0 Å². The van der Waals surface area contributed by atoms with Crippen molar-refractivity contribution in [3.63, 3.8) is 0 Å². The molecule has 9 heteroatoms. The predicted molar refractivity (Wildman–Crippen MR) is 109 cm³/mol. The zero-order chi connectivity index (χ0) is 15.7. The zero-order valence-corrected chi connectivity index (χ0v) is 17.3. The van der Waals surface area contributed by atoms with Gasteiger partial charge in [-0.15, -0.1) is 36.2 Å². The number of thiophene rings is 1. The number of nitrogens with zero attached hydrogens (tertiary/aromatic N) is 3. The van der Waals surface area contributed by atoms with Crippen LogP contribution in [-0.4, -0.2) is 54.6 Å². The third-order valence-corrected chi connectivity index (χ3v) is 6.29. The molecule has 0 radical (unpaired) electrons. The van der Waals surface area contributed by atoms with Crippen LogP contribution < -0.4 is 10.2 Å². The fourth-order valence-electron chi connectivity index (χ4n) is 2.74. The van der Waals surface area contributed by atoms with E-state index in [1.807, 2.05) is 11.0 Å². The number of thiazole rings is 1. The number of piperazine rings is 1. The maximum Gasteiger partial charge on any atom is 0.264 e. The van der Waals surface area contributed by atoms with Crippen molar-refractivity contribution in [3.05, 3.63) is 10.9 Å². The van der Waals surface area contributed by atoms with Gasteiger partial charge >= 0.3 is 0 Å². The first-order valence-electron chi connectivity index (χ1n) is 7.81. The minimum atomic E-state index is 0. The van der Waals surface area contributed by atoms with Crippen LogP contribution in [0, 0.1) is 0 Å². The number of hydrogen-bond acceptors (Lipinski definition) is 6. The molecule has 1 saturated heterocycles. The molecule has 0 unspecified atom stereocenters. The smallest absolute Gasteiger partial charge is 0.264 e. The van der Waals surface area contributed by atoms with Gasteiger partial charge in [-0.05, 0) is 26.8 Å². The molecule has 3 rings (SSSR count). The van der Waals surface area contributed by atoms with E-state index in [1.54, 1.807) is 11.3 Å². The Balaban J connectivity index is 0.00000144. The van der Waals surface area contributed by atoms with Gasteiger partial charge in [-0.2, -0.15) is 0 Å². The Hall–Kier alpha value is -0.600. The lowest BCUT2D eigenvalue weighted by atomic mass is 10.2. The van der Waals surface area contributed by atoms with Crippen LogP contribution in [-0.2, 0) is 0 Å². The Morgan fingerprint density at radius 3 is 2.67 bits per heavy atom. The lowest BCUT2D eigenvalue weighted by Crippen LogP contribution is -2.52. The molecule has 3 heterocycles. The number of carbonyl (C=O) groups is 1. The molecule has 1 N–H and O–H groups in total. The summed E-state index contributed by atoms with van der Waals surface area (Å²) < 4.78 is 1.12. The highest BCUT2D eigenvalue weighted by atomic mass is 35.5. The van der Waals surface area contributed by atoms with E-state index < -0.39 is 0 Å². The fraction of sp³-hybridized carbons (Fsp3) is 0.600. The van der Waals surface area contributed by atoms with Crippen molar-refractivity contribution in [2.45, 2.75) is 26.8 Å². The summed E-state index contributed by atoms with van der Waals surface area (Å²) in [7, 11) is 0. The van der Waals surface area contributed by atoms with Crippen LogP contribution in [0.3, 0.4) is 0 Å². The molecule has 0 aliphatic carbocycles. The van der Waals surface area contributed by atoms with Gasteiger partial charge in [0.1, 0.15) is 4.83 Å². The van der Waals surface area contributed by atoms with Crippen LogP contribution in [0.2, 0.25) is 0 Å². The number of fused-ring (bicyclic) bond motifs is 1. The van der Waals surface area contributed by atoms with Gasteiger partial charge in [-0.25, -0.2) is 4.98 Å². The van der Waals surface area contributed by atoms with Crippen molar-refractivity contribution < 1.29 is 4.79 Å². The second kappa shape index (κ2) is 9.20. The number of carbonyl (C=O) groups excluding carboxylic acids is 1. The van der Waals surface area contributed by atoms with Crippen LogP contribution in [0.5, 0.6) is 0 Å². The van der Waals surface area contributed by atoms with Crippen LogP contribution in [0.4, 0.5) is 5.13 Å². The summed E-state index contributed by atoms with van der Waals surface area (Å²) in [6.07, 6.45) is 0. The summed E-state index contributed by atoms with van der Waals surface area (Å²) in [6, 6.07) is 2.27. The van der Waals surface area contributed by atoms with Gasteiger partial charge < -0.3 is 15.1 Å². The average molecular weight is 411 g/mol. The largest absolute Gasteiger partial charge is 0.349 e. The molecule has 136 valence electrons. The molecule has 2 aromatic rings. The maximum absolute atomic E-state index is 12.7. The Morgan fingerprint density at radius 1 is 1.38 bits per heavy atom. The van der Waals surface area contributed by atoms with Gasteiger partial charge in [0.15, 0.2) is 5.13 Å². The maximum atomic E-state index is 12.7. The summed E-state index contributed by atoms with van der Waals surface area (Å²) in [5, 5.41) is 4.38. The first-order valence-corrected chi connectivity index (χ1v) is 9.44. The molecule has 0 bridgehead atoms. The number of anilines is 1. The normalized spacial score (nSPS) is 17.3. The quantitative estimate of drug-likeness (QED) is 0.837. The van der Waals surface area contributed by atoms with Crippen LogP contribution in [0.1, 0.15) is 30.4 Å². The van der Waals surface area contributed by atoms with Crippen molar-refractivity contribution in [1.82, 2.24) is 15.2 Å². The molecule has 1 amide bonds. The molecule has 0 spiro atoms. The summed E-state index contributed by atoms with van der Waals surface area (Å²) in [5.74, 6) is 0.147. The molecular formula is C15H24Cl2N4OS2. The number of aromatic nitrogens is 1. The number of amides is 1. The first-order chi connectivity index (χ1) is 10.6. The Bertz CT molecular complexity index is 640. The van der Waals surface area contributed by atoms with Crippen molar-refractivity contribution in [2.24, 2.45) is 0 Å². The third kappa shape index (κ3) is 4.14. The van der Waals surface area contributed by atoms with E-state index in [9.17, 15) is 4.79 Å². The molecule has 1 atom stereocenters. The average Bonchev–Trinajstić information content (AvgIpc) is 3.07.